The molecule has 170 valence electrons. The second-order valence-corrected chi connectivity index (χ2v) is 11.9. The molecule has 2 aliphatic heterocycles. The third-order valence-electron chi connectivity index (χ3n) is 6.57. The van der Waals surface area contributed by atoms with Crippen LogP contribution in [-0.2, 0) is 14.8 Å². The van der Waals surface area contributed by atoms with Crippen LogP contribution in [0, 0.1) is 11.8 Å². The van der Waals surface area contributed by atoms with Crippen LogP contribution in [0.15, 0.2) is 17.5 Å². The van der Waals surface area contributed by atoms with E-state index in [9.17, 15) is 13.2 Å². The first-order valence-corrected chi connectivity index (χ1v) is 13.9. The summed E-state index contributed by atoms with van der Waals surface area (Å²) in [7, 11) is -3.17. The number of unbranched alkanes of at least 4 members (excludes halogenated alkanes) is 1. The van der Waals surface area contributed by atoms with Crippen molar-refractivity contribution >= 4 is 27.3 Å². The number of nitrogens with one attached hydrogen (secondary N) is 1. The maximum absolute atomic E-state index is 12.8. The largest absolute Gasteiger partial charge is 0.354 e. The molecule has 0 saturated carbocycles. The van der Waals surface area contributed by atoms with Crippen LogP contribution in [0.1, 0.15) is 63.3 Å². The summed E-state index contributed by atoms with van der Waals surface area (Å²) < 4.78 is 26.4. The van der Waals surface area contributed by atoms with Crippen LogP contribution in [-0.4, -0.2) is 62.0 Å². The average molecular weight is 456 g/mol. The van der Waals surface area contributed by atoms with E-state index >= 15 is 0 Å². The minimum Gasteiger partial charge on any atom is -0.354 e. The number of sulfonamides is 1. The number of rotatable bonds is 9. The number of nitrogens with zero attached hydrogens (tertiary/aromatic N) is 2. The molecule has 1 amide bonds. The lowest BCUT2D eigenvalue weighted by Gasteiger charge is -2.37. The third-order valence-corrected chi connectivity index (χ3v) is 9.50. The second kappa shape index (κ2) is 11.1. The topological polar surface area (TPSA) is 69.7 Å². The van der Waals surface area contributed by atoms with Crippen LogP contribution < -0.4 is 5.32 Å². The molecule has 2 fully saturated rings. The molecule has 6 nitrogen and oxygen atoms in total. The van der Waals surface area contributed by atoms with Crippen molar-refractivity contribution in [1.29, 1.82) is 0 Å². The van der Waals surface area contributed by atoms with Gasteiger partial charge in [0.1, 0.15) is 0 Å². The van der Waals surface area contributed by atoms with E-state index in [2.05, 4.69) is 34.7 Å². The van der Waals surface area contributed by atoms with Gasteiger partial charge < -0.3 is 5.32 Å². The highest BCUT2D eigenvalue weighted by Crippen LogP contribution is 2.29. The minimum atomic E-state index is -3.17. The van der Waals surface area contributed by atoms with Crippen LogP contribution >= 0.6 is 11.3 Å². The van der Waals surface area contributed by atoms with Crippen LogP contribution in [0.4, 0.5) is 0 Å². The van der Waals surface area contributed by atoms with Crippen LogP contribution in [0.2, 0.25) is 0 Å². The van der Waals surface area contributed by atoms with Gasteiger partial charge in [0.15, 0.2) is 0 Å². The number of hydrogen-bond donors (Lipinski definition) is 1. The zero-order valence-electron chi connectivity index (χ0n) is 18.4. The van der Waals surface area contributed by atoms with Gasteiger partial charge in [-0.15, -0.1) is 11.3 Å². The lowest BCUT2D eigenvalue weighted by molar-refractivity contribution is -0.126. The molecule has 3 heterocycles. The molecule has 3 rings (SSSR count). The Morgan fingerprint density at radius 3 is 2.50 bits per heavy atom. The predicted octanol–water partition coefficient (Wildman–Crippen LogP) is 3.48. The van der Waals surface area contributed by atoms with Gasteiger partial charge >= 0.3 is 0 Å². The predicted molar refractivity (Wildman–Crippen MR) is 123 cm³/mol. The highest BCUT2D eigenvalue weighted by molar-refractivity contribution is 7.89. The first kappa shape index (κ1) is 23.7. The molecule has 1 aromatic rings. The van der Waals surface area contributed by atoms with E-state index in [1.165, 1.54) is 17.7 Å². The van der Waals surface area contributed by atoms with Gasteiger partial charge in [0.2, 0.25) is 15.9 Å². The van der Waals surface area contributed by atoms with Crippen LogP contribution in [0.5, 0.6) is 0 Å². The number of carbonyl (C=O) groups is 1. The Hall–Kier alpha value is -0.960. The van der Waals surface area contributed by atoms with Gasteiger partial charge in [-0.25, -0.2) is 12.7 Å². The molecule has 1 N–H and O–H groups in total. The fourth-order valence-corrected chi connectivity index (χ4v) is 6.96. The Labute approximate surface area is 186 Å². The Bertz CT molecular complexity index is 751. The van der Waals surface area contributed by atoms with Crippen molar-refractivity contribution in [1.82, 2.24) is 14.5 Å². The Kier molecular flexibility index (Phi) is 8.74. The van der Waals surface area contributed by atoms with Crippen molar-refractivity contribution in [3.05, 3.63) is 22.4 Å². The lowest BCUT2D eigenvalue weighted by atomic mass is 9.96. The zero-order valence-corrected chi connectivity index (χ0v) is 20.0. The van der Waals surface area contributed by atoms with E-state index in [1.54, 1.807) is 15.6 Å². The first-order chi connectivity index (χ1) is 14.4. The molecule has 2 saturated heterocycles. The molecule has 1 unspecified atom stereocenters. The van der Waals surface area contributed by atoms with Crippen molar-refractivity contribution in [3.8, 4) is 0 Å². The summed E-state index contributed by atoms with van der Waals surface area (Å²) >= 11 is 1.76. The number of carbonyl (C=O) groups excluding carboxylic acids is 1. The van der Waals surface area contributed by atoms with E-state index in [1.807, 2.05) is 6.92 Å². The fraction of sp³-hybridized carbons (Fsp3) is 0.773. The SMILES string of the molecule is CCCCS(=O)(=O)N1CCC(C(=O)NCC(c2cccs2)N2CCC(C)CC2)CC1. The molecule has 0 aliphatic carbocycles. The minimum absolute atomic E-state index is 0.0764. The summed E-state index contributed by atoms with van der Waals surface area (Å²) in [5.74, 6) is 0.983. The second-order valence-electron chi connectivity index (χ2n) is 8.84. The normalized spacial score (nSPS) is 21.5. The van der Waals surface area contributed by atoms with Gasteiger partial charge in [-0.2, -0.15) is 0 Å². The van der Waals surface area contributed by atoms with Crippen molar-refractivity contribution < 1.29 is 13.2 Å². The summed E-state index contributed by atoms with van der Waals surface area (Å²) in [5, 5.41) is 5.30. The number of likely N-dealkylation sites (tertiary alicyclic amines) is 1. The van der Waals surface area contributed by atoms with Crippen LogP contribution in [0.25, 0.3) is 0 Å². The molecule has 30 heavy (non-hydrogen) atoms. The molecule has 0 bridgehead atoms. The summed E-state index contributed by atoms with van der Waals surface area (Å²) in [4.78, 5) is 16.7. The molecule has 1 aromatic heterocycles. The maximum Gasteiger partial charge on any atom is 0.223 e. The van der Waals surface area contributed by atoms with Crippen molar-refractivity contribution in [3.63, 3.8) is 0 Å². The number of piperidine rings is 2. The van der Waals surface area contributed by atoms with E-state index in [0.29, 0.717) is 38.9 Å². The molecule has 0 radical (unpaired) electrons. The summed E-state index contributed by atoms with van der Waals surface area (Å²) in [6, 6.07) is 4.48. The van der Waals surface area contributed by atoms with Gasteiger partial charge in [0.05, 0.1) is 11.8 Å². The molecule has 1 atom stereocenters. The number of thiophene rings is 1. The van der Waals surface area contributed by atoms with E-state index in [4.69, 9.17) is 0 Å². The van der Waals surface area contributed by atoms with Gasteiger partial charge in [-0.3, -0.25) is 9.69 Å². The molecule has 0 aromatic carbocycles. The molecular formula is C22H37N3O3S2. The van der Waals surface area contributed by atoms with Gasteiger partial charge in [-0.05, 0) is 62.6 Å². The molecule has 0 spiro atoms. The van der Waals surface area contributed by atoms with E-state index in [0.717, 1.165) is 25.4 Å². The van der Waals surface area contributed by atoms with Crippen molar-refractivity contribution in [2.45, 2.75) is 58.4 Å². The Morgan fingerprint density at radius 1 is 1.20 bits per heavy atom. The fourth-order valence-electron chi connectivity index (χ4n) is 4.42. The molecular weight excluding hydrogens is 418 g/mol. The number of amides is 1. The lowest BCUT2D eigenvalue weighted by Crippen LogP contribution is -2.46. The van der Waals surface area contributed by atoms with E-state index in [-0.39, 0.29) is 23.6 Å². The zero-order chi connectivity index (χ0) is 21.6. The smallest absolute Gasteiger partial charge is 0.223 e. The summed E-state index contributed by atoms with van der Waals surface area (Å²) in [6.07, 6.45) is 5.22. The summed E-state index contributed by atoms with van der Waals surface area (Å²) in [5.41, 5.74) is 0. The first-order valence-electron chi connectivity index (χ1n) is 11.4. The molecule has 8 heteroatoms. The molecule has 2 aliphatic rings. The van der Waals surface area contributed by atoms with Crippen molar-refractivity contribution in [2.24, 2.45) is 11.8 Å². The van der Waals surface area contributed by atoms with Crippen molar-refractivity contribution in [2.75, 3.05) is 38.5 Å². The summed E-state index contributed by atoms with van der Waals surface area (Å²) in [6.45, 7) is 8.02. The Morgan fingerprint density at radius 2 is 1.90 bits per heavy atom. The van der Waals surface area contributed by atoms with Gasteiger partial charge in [-0.1, -0.05) is 26.3 Å². The highest BCUT2D eigenvalue weighted by Gasteiger charge is 2.32. The quantitative estimate of drug-likeness (QED) is 0.619. The maximum atomic E-state index is 12.8. The Balaban J connectivity index is 1.51. The number of hydrogen-bond acceptors (Lipinski definition) is 5. The van der Waals surface area contributed by atoms with Crippen LogP contribution in [0.3, 0.4) is 0 Å². The monoisotopic (exact) mass is 455 g/mol. The van der Waals surface area contributed by atoms with Gasteiger partial charge in [0.25, 0.3) is 0 Å². The van der Waals surface area contributed by atoms with E-state index < -0.39 is 10.0 Å². The van der Waals surface area contributed by atoms with Gasteiger partial charge in [0, 0.05) is 30.4 Å². The average Bonchev–Trinajstić information content (AvgIpc) is 3.28. The highest BCUT2D eigenvalue weighted by atomic mass is 32.2. The standard InChI is InChI=1S/C22H37N3O3S2/c1-3-4-16-30(27,28)25-13-9-19(10-14-25)22(26)23-17-20(21-6-5-15-29-21)24-11-7-18(2)8-12-24/h5-6,15,18-20H,3-4,7-14,16-17H2,1-2H3,(H,23,26). The third kappa shape index (κ3) is 6.28.